The number of allylic oxidation sites excluding steroid dienone is 1. The van der Waals surface area contributed by atoms with Gasteiger partial charge in [-0.2, -0.15) is 0 Å². The average Bonchev–Trinajstić information content (AvgIpc) is 2.16. The number of hydrogen-bond donors (Lipinski definition) is 1. The van der Waals surface area contributed by atoms with Crippen LogP contribution in [-0.4, -0.2) is 6.54 Å². The lowest BCUT2D eigenvalue weighted by molar-refractivity contribution is 0.587. The van der Waals surface area contributed by atoms with Crippen LogP contribution in [0, 0.1) is 11.6 Å². The van der Waals surface area contributed by atoms with Crippen molar-refractivity contribution < 1.29 is 8.78 Å². The van der Waals surface area contributed by atoms with Gasteiger partial charge in [-0.05, 0) is 25.0 Å². The first kappa shape index (κ1) is 10.7. The van der Waals surface area contributed by atoms with Crippen LogP contribution in [0.2, 0.25) is 0 Å². The van der Waals surface area contributed by atoms with Crippen molar-refractivity contribution in [2.75, 3.05) is 11.9 Å². The molecule has 0 aliphatic heterocycles. The first-order valence-corrected chi connectivity index (χ1v) is 4.54. The molecule has 0 saturated heterocycles. The molecule has 3 heteroatoms. The minimum absolute atomic E-state index is 0.0448. The first-order valence-electron chi connectivity index (χ1n) is 4.54. The molecule has 0 bridgehead atoms. The van der Waals surface area contributed by atoms with Crippen molar-refractivity contribution in [3.05, 3.63) is 42.5 Å². The molecule has 0 aliphatic rings. The van der Waals surface area contributed by atoms with Crippen LogP contribution in [0.15, 0.2) is 30.9 Å². The van der Waals surface area contributed by atoms with Gasteiger partial charge in [-0.1, -0.05) is 12.1 Å². The lowest BCUT2D eigenvalue weighted by Crippen LogP contribution is -2.05. The fourth-order valence-corrected chi connectivity index (χ4v) is 1.13. The van der Waals surface area contributed by atoms with E-state index < -0.39 is 11.6 Å². The van der Waals surface area contributed by atoms with Gasteiger partial charge in [0.05, 0.1) is 0 Å². The molecule has 1 N–H and O–H groups in total. The largest absolute Gasteiger partial charge is 0.380 e. The molecule has 0 saturated carbocycles. The normalized spacial score (nSPS) is 9.86. The van der Waals surface area contributed by atoms with E-state index in [9.17, 15) is 8.78 Å². The summed E-state index contributed by atoms with van der Waals surface area (Å²) in [4.78, 5) is 0. The van der Waals surface area contributed by atoms with Crippen LogP contribution >= 0.6 is 0 Å². The van der Waals surface area contributed by atoms with Gasteiger partial charge in [0.15, 0.2) is 0 Å². The molecule has 1 aromatic rings. The van der Waals surface area contributed by atoms with Crippen LogP contribution in [-0.2, 0) is 0 Å². The van der Waals surface area contributed by atoms with Gasteiger partial charge in [-0.15, -0.1) is 6.58 Å². The molecule has 0 amide bonds. The summed E-state index contributed by atoms with van der Waals surface area (Å²) >= 11 is 0. The van der Waals surface area contributed by atoms with Crippen molar-refractivity contribution in [1.82, 2.24) is 0 Å². The molecule has 0 heterocycles. The highest BCUT2D eigenvalue weighted by atomic mass is 19.1. The second-order valence-electron chi connectivity index (χ2n) is 2.95. The van der Waals surface area contributed by atoms with Gasteiger partial charge in [0.1, 0.15) is 17.3 Å². The van der Waals surface area contributed by atoms with Crippen molar-refractivity contribution in [3.8, 4) is 0 Å². The number of rotatable bonds is 5. The summed E-state index contributed by atoms with van der Waals surface area (Å²) in [6.45, 7) is 4.11. The van der Waals surface area contributed by atoms with Crippen LogP contribution in [0.4, 0.5) is 14.5 Å². The maximum Gasteiger partial charge on any atom is 0.149 e. The number of benzene rings is 1. The Morgan fingerprint density at radius 3 is 2.50 bits per heavy atom. The Morgan fingerprint density at radius 2 is 1.93 bits per heavy atom. The van der Waals surface area contributed by atoms with Gasteiger partial charge in [0.2, 0.25) is 0 Å². The van der Waals surface area contributed by atoms with Crippen LogP contribution in [0.3, 0.4) is 0 Å². The van der Waals surface area contributed by atoms with Crippen molar-refractivity contribution >= 4 is 5.69 Å². The van der Waals surface area contributed by atoms with Crippen LogP contribution in [0.5, 0.6) is 0 Å². The quantitative estimate of drug-likeness (QED) is 0.564. The third-order valence-electron chi connectivity index (χ3n) is 1.85. The number of nitrogens with one attached hydrogen (secondary N) is 1. The van der Waals surface area contributed by atoms with Crippen molar-refractivity contribution in [2.45, 2.75) is 12.8 Å². The Bertz CT molecular complexity index is 290. The highest BCUT2D eigenvalue weighted by molar-refractivity contribution is 5.45. The minimum Gasteiger partial charge on any atom is -0.380 e. The number of hydrogen-bond acceptors (Lipinski definition) is 1. The number of halogens is 2. The third-order valence-corrected chi connectivity index (χ3v) is 1.85. The van der Waals surface area contributed by atoms with E-state index >= 15 is 0 Å². The van der Waals surface area contributed by atoms with E-state index in [2.05, 4.69) is 11.9 Å². The van der Waals surface area contributed by atoms with E-state index in [4.69, 9.17) is 0 Å². The Kier molecular flexibility index (Phi) is 4.11. The molecule has 1 aromatic carbocycles. The van der Waals surface area contributed by atoms with E-state index in [0.717, 1.165) is 12.8 Å². The van der Waals surface area contributed by atoms with E-state index in [1.54, 1.807) is 6.08 Å². The first-order chi connectivity index (χ1) is 6.75. The van der Waals surface area contributed by atoms with Crippen molar-refractivity contribution in [3.63, 3.8) is 0 Å². The van der Waals surface area contributed by atoms with Gasteiger partial charge in [-0.25, -0.2) is 8.78 Å². The maximum atomic E-state index is 13.0. The van der Waals surface area contributed by atoms with Gasteiger partial charge in [0, 0.05) is 6.54 Å². The van der Waals surface area contributed by atoms with E-state index in [1.165, 1.54) is 18.2 Å². The van der Waals surface area contributed by atoms with Gasteiger partial charge in [-0.3, -0.25) is 0 Å². The zero-order chi connectivity index (χ0) is 10.4. The molecule has 0 aliphatic carbocycles. The fraction of sp³-hybridized carbons (Fsp3) is 0.273. The molecule has 0 fully saturated rings. The lowest BCUT2D eigenvalue weighted by atomic mass is 10.2. The average molecular weight is 197 g/mol. The highest BCUT2D eigenvalue weighted by Gasteiger charge is 2.05. The summed E-state index contributed by atoms with van der Waals surface area (Å²) in [7, 11) is 0. The Morgan fingerprint density at radius 1 is 1.29 bits per heavy atom. The highest BCUT2D eigenvalue weighted by Crippen LogP contribution is 2.17. The smallest absolute Gasteiger partial charge is 0.149 e. The number of unbranched alkanes of at least 4 members (excludes halogenated alkanes) is 1. The summed E-state index contributed by atoms with van der Waals surface area (Å²) in [5.41, 5.74) is -0.0448. The van der Waals surface area contributed by atoms with Crippen LogP contribution in [0.1, 0.15) is 12.8 Å². The van der Waals surface area contributed by atoms with E-state index in [0.29, 0.717) is 6.54 Å². The molecule has 0 atom stereocenters. The van der Waals surface area contributed by atoms with Gasteiger partial charge >= 0.3 is 0 Å². The van der Waals surface area contributed by atoms with Gasteiger partial charge in [0.25, 0.3) is 0 Å². The molecule has 76 valence electrons. The van der Waals surface area contributed by atoms with Crippen molar-refractivity contribution in [2.24, 2.45) is 0 Å². The Labute approximate surface area is 82.4 Å². The van der Waals surface area contributed by atoms with E-state index in [-0.39, 0.29) is 5.69 Å². The Balaban J connectivity index is 2.53. The van der Waals surface area contributed by atoms with Gasteiger partial charge < -0.3 is 5.32 Å². The topological polar surface area (TPSA) is 12.0 Å². The fourth-order valence-electron chi connectivity index (χ4n) is 1.13. The Hall–Kier alpha value is -1.38. The third kappa shape index (κ3) is 2.83. The molecule has 0 unspecified atom stereocenters. The van der Waals surface area contributed by atoms with Crippen molar-refractivity contribution in [1.29, 1.82) is 0 Å². The summed E-state index contributed by atoms with van der Waals surface area (Å²) in [5, 5.41) is 2.72. The maximum absolute atomic E-state index is 13.0. The SMILES string of the molecule is C=CCCCNc1c(F)cccc1F. The summed E-state index contributed by atoms with van der Waals surface area (Å²) in [5.74, 6) is -1.10. The monoisotopic (exact) mass is 197 g/mol. The second kappa shape index (κ2) is 5.37. The molecular weight excluding hydrogens is 184 g/mol. The summed E-state index contributed by atoms with van der Waals surface area (Å²) < 4.78 is 26.1. The molecule has 14 heavy (non-hydrogen) atoms. The molecule has 0 spiro atoms. The zero-order valence-corrected chi connectivity index (χ0v) is 7.89. The second-order valence-corrected chi connectivity index (χ2v) is 2.95. The molecular formula is C11H13F2N. The zero-order valence-electron chi connectivity index (χ0n) is 7.89. The minimum atomic E-state index is -0.552. The number of anilines is 1. The summed E-state index contributed by atoms with van der Waals surface area (Å²) in [6.07, 6.45) is 3.43. The van der Waals surface area contributed by atoms with E-state index in [1.807, 2.05) is 0 Å². The molecule has 1 nitrogen and oxygen atoms in total. The molecule has 0 radical (unpaired) electrons. The van der Waals surface area contributed by atoms with Crippen LogP contribution in [0.25, 0.3) is 0 Å². The molecule has 1 rings (SSSR count). The predicted molar refractivity (Wildman–Crippen MR) is 54.3 cm³/mol. The standard InChI is InChI=1S/C11H13F2N/c1-2-3-4-8-14-11-9(12)6-5-7-10(11)13/h2,5-7,14H,1,3-4,8H2. The molecule has 0 aromatic heterocycles. The van der Waals surface area contributed by atoms with Crippen LogP contribution < -0.4 is 5.32 Å². The summed E-state index contributed by atoms with van der Waals surface area (Å²) in [6, 6.07) is 3.82. The lowest BCUT2D eigenvalue weighted by Gasteiger charge is -2.07. The number of para-hydroxylation sites is 1. The predicted octanol–water partition coefficient (Wildman–Crippen LogP) is 3.34.